The number of piperidine rings is 1. The van der Waals surface area contributed by atoms with Gasteiger partial charge in [-0.25, -0.2) is 4.39 Å². The Bertz CT molecular complexity index is 1110. The maximum atomic E-state index is 13.5. The minimum absolute atomic E-state index is 0.0235. The molecule has 4 rings (SSSR count). The fraction of sp³-hybridized carbons (Fsp3) is 0.333. The van der Waals surface area contributed by atoms with Crippen LogP contribution in [0, 0.1) is 12.7 Å². The average Bonchev–Trinajstić information content (AvgIpc) is 3.30. The number of hydrogen-bond acceptors (Lipinski definition) is 5. The van der Waals surface area contributed by atoms with Gasteiger partial charge in [-0.15, -0.1) is 0 Å². The highest BCUT2D eigenvalue weighted by Crippen LogP contribution is 2.28. The summed E-state index contributed by atoms with van der Waals surface area (Å²) in [5.41, 5.74) is 2.06. The predicted octanol–water partition coefficient (Wildman–Crippen LogP) is 3.71. The molecule has 32 heavy (non-hydrogen) atoms. The third kappa shape index (κ3) is 5.01. The lowest BCUT2D eigenvalue weighted by atomic mass is 9.97. The van der Waals surface area contributed by atoms with Gasteiger partial charge in [-0.1, -0.05) is 35.5 Å². The first-order valence-corrected chi connectivity index (χ1v) is 10.7. The van der Waals surface area contributed by atoms with Crippen LogP contribution >= 0.6 is 0 Å². The number of rotatable bonds is 6. The number of aryl methyl sites for hydroxylation is 1. The SMILES string of the molecule is Cc1ccccc1C(=O)NCCC(=O)N1CCCC(c2nc(-c3cccc(F)c3)no2)C1. The molecule has 0 aliphatic carbocycles. The van der Waals surface area contributed by atoms with Crippen LogP contribution in [-0.4, -0.2) is 46.5 Å². The third-order valence-electron chi connectivity index (χ3n) is 5.66. The van der Waals surface area contributed by atoms with E-state index in [1.54, 1.807) is 23.1 Å². The van der Waals surface area contributed by atoms with Crippen LogP contribution in [0.1, 0.15) is 47.0 Å². The molecular weight excluding hydrogens is 411 g/mol. The van der Waals surface area contributed by atoms with Gasteiger partial charge >= 0.3 is 0 Å². The van der Waals surface area contributed by atoms with Crippen LogP contribution in [0.3, 0.4) is 0 Å². The molecule has 0 spiro atoms. The summed E-state index contributed by atoms with van der Waals surface area (Å²) in [6, 6.07) is 13.4. The van der Waals surface area contributed by atoms with Gasteiger partial charge in [0.25, 0.3) is 5.91 Å². The second kappa shape index (κ2) is 9.72. The van der Waals surface area contributed by atoms with Gasteiger partial charge in [-0.2, -0.15) is 4.98 Å². The number of benzene rings is 2. The van der Waals surface area contributed by atoms with Gasteiger partial charge in [0.05, 0.1) is 5.92 Å². The Kier molecular flexibility index (Phi) is 6.58. The van der Waals surface area contributed by atoms with E-state index in [9.17, 15) is 14.0 Å². The lowest BCUT2D eigenvalue weighted by Crippen LogP contribution is -2.40. The third-order valence-corrected chi connectivity index (χ3v) is 5.66. The van der Waals surface area contributed by atoms with E-state index in [4.69, 9.17) is 4.52 Å². The van der Waals surface area contributed by atoms with E-state index >= 15 is 0 Å². The van der Waals surface area contributed by atoms with Crippen molar-refractivity contribution in [3.8, 4) is 11.4 Å². The molecule has 1 fully saturated rings. The lowest BCUT2D eigenvalue weighted by molar-refractivity contribution is -0.132. The fourth-order valence-corrected chi connectivity index (χ4v) is 3.92. The minimum atomic E-state index is -0.363. The van der Waals surface area contributed by atoms with Gasteiger partial charge in [-0.3, -0.25) is 9.59 Å². The van der Waals surface area contributed by atoms with E-state index in [0.717, 1.165) is 18.4 Å². The first-order chi connectivity index (χ1) is 15.5. The molecular formula is C24H25FN4O3. The van der Waals surface area contributed by atoms with Crippen molar-refractivity contribution < 1.29 is 18.5 Å². The minimum Gasteiger partial charge on any atom is -0.352 e. The van der Waals surface area contributed by atoms with Crippen LogP contribution in [0.2, 0.25) is 0 Å². The van der Waals surface area contributed by atoms with E-state index < -0.39 is 0 Å². The number of aromatic nitrogens is 2. The monoisotopic (exact) mass is 436 g/mol. The van der Waals surface area contributed by atoms with Crippen LogP contribution in [-0.2, 0) is 4.79 Å². The fourth-order valence-electron chi connectivity index (χ4n) is 3.92. The second-order valence-corrected chi connectivity index (χ2v) is 7.97. The van der Waals surface area contributed by atoms with Crippen molar-refractivity contribution in [1.29, 1.82) is 0 Å². The largest absolute Gasteiger partial charge is 0.352 e. The van der Waals surface area contributed by atoms with Gasteiger partial charge in [0.2, 0.25) is 17.6 Å². The number of nitrogens with zero attached hydrogens (tertiary/aromatic N) is 3. The summed E-state index contributed by atoms with van der Waals surface area (Å²) in [4.78, 5) is 31.2. The molecule has 7 nitrogen and oxygen atoms in total. The summed E-state index contributed by atoms with van der Waals surface area (Å²) in [7, 11) is 0. The number of hydrogen-bond donors (Lipinski definition) is 1. The average molecular weight is 436 g/mol. The van der Waals surface area contributed by atoms with Crippen LogP contribution in [0.25, 0.3) is 11.4 Å². The summed E-state index contributed by atoms with van der Waals surface area (Å²) < 4.78 is 18.9. The van der Waals surface area contributed by atoms with E-state index in [1.807, 2.05) is 25.1 Å². The summed E-state index contributed by atoms with van der Waals surface area (Å²) in [6.07, 6.45) is 1.88. The Balaban J connectivity index is 1.31. The molecule has 8 heteroatoms. The topological polar surface area (TPSA) is 88.3 Å². The van der Waals surface area contributed by atoms with E-state index in [1.165, 1.54) is 12.1 Å². The molecule has 1 saturated heterocycles. The molecule has 1 atom stereocenters. The van der Waals surface area contributed by atoms with Crippen molar-refractivity contribution in [2.45, 2.75) is 32.1 Å². The number of nitrogens with one attached hydrogen (secondary N) is 1. The van der Waals surface area contributed by atoms with Gasteiger partial charge in [-0.05, 0) is 43.5 Å². The van der Waals surface area contributed by atoms with Crippen molar-refractivity contribution in [1.82, 2.24) is 20.4 Å². The number of likely N-dealkylation sites (tertiary alicyclic amines) is 1. The van der Waals surface area contributed by atoms with Crippen molar-refractivity contribution in [3.63, 3.8) is 0 Å². The molecule has 0 radical (unpaired) electrons. The highest BCUT2D eigenvalue weighted by molar-refractivity contribution is 5.95. The summed E-state index contributed by atoms with van der Waals surface area (Å²) in [6.45, 7) is 3.30. The van der Waals surface area contributed by atoms with Crippen molar-refractivity contribution in [2.24, 2.45) is 0 Å². The number of halogens is 1. The second-order valence-electron chi connectivity index (χ2n) is 7.97. The van der Waals surface area contributed by atoms with E-state index in [2.05, 4.69) is 15.5 Å². The molecule has 2 aromatic carbocycles. The first kappa shape index (κ1) is 21.7. The van der Waals surface area contributed by atoms with Crippen molar-refractivity contribution in [2.75, 3.05) is 19.6 Å². The Morgan fingerprint density at radius 1 is 1.22 bits per heavy atom. The van der Waals surface area contributed by atoms with Crippen LogP contribution < -0.4 is 5.32 Å². The Morgan fingerprint density at radius 2 is 2.06 bits per heavy atom. The predicted molar refractivity (Wildman–Crippen MR) is 116 cm³/mol. The Hall–Kier alpha value is -3.55. The molecule has 0 bridgehead atoms. The highest BCUT2D eigenvalue weighted by atomic mass is 19.1. The summed E-state index contributed by atoms with van der Waals surface area (Å²) in [5, 5.41) is 6.79. The van der Waals surface area contributed by atoms with Gasteiger partial charge in [0, 0.05) is 37.2 Å². The Morgan fingerprint density at radius 3 is 2.88 bits per heavy atom. The zero-order valence-electron chi connectivity index (χ0n) is 17.9. The van der Waals surface area contributed by atoms with Crippen molar-refractivity contribution in [3.05, 3.63) is 71.4 Å². The first-order valence-electron chi connectivity index (χ1n) is 10.7. The van der Waals surface area contributed by atoms with Gasteiger partial charge in [0.1, 0.15) is 5.82 Å². The summed E-state index contributed by atoms with van der Waals surface area (Å²) >= 11 is 0. The molecule has 0 saturated carbocycles. The Labute approximate surface area is 185 Å². The molecule has 1 aliphatic heterocycles. The smallest absolute Gasteiger partial charge is 0.251 e. The summed E-state index contributed by atoms with van der Waals surface area (Å²) in [5.74, 6) is 0.158. The molecule has 1 aromatic heterocycles. The maximum Gasteiger partial charge on any atom is 0.251 e. The van der Waals surface area contributed by atoms with Gasteiger partial charge in [0.15, 0.2) is 0 Å². The van der Waals surface area contributed by atoms with Crippen LogP contribution in [0.4, 0.5) is 4.39 Å². The van der Waals surface area contributed by atoms with Gasteiger partial charge < -0.3 is 14.7 Å². The zero-order valence-corrected chi connectivity index (χ0v) is 17.9. The highest BCUT2D eigenvalue weighted by Gasteiger charge is 2.28. The molecule has 1 unspecified atom stereocenters. The van der Waals surface area contributed by atoms with Crippen LogP contribution in [0.15, 0.2) is 53.1 Å². The van der Waals surface area contributed by atoms with E-state index in [0.29, 0.717) is 35.9 Å². The van der Waals surface area contributed by atoms with E-state index in [-0.39, 0.29) is 36.5 Å². The molecule has 3 aromatic rings. The molecule has 2 heterocycles. The normalized spacial score (nSPS) is 16.1. The number of carbonyl (C=O) groups is 2. The number of carbonyl (C=O) groups excluding carboxylic acids is 2. The quantitative estimate of drug-likeness (QED) is 0.636. The number of amides is 2. The molecule has 166 valence electrons. The molecule has 2 amide bonds. The van der Waals surface area contributed by atoms with Crippen LogP contribution in [0.5, 0.6) is 0 Å². The molecule has 1 aliphatic rings. The zero-order chi connectivity index (χ0) is 22.5. The van der Waals surface area contributed by atoms with Crippen molar-refractivity contribution >= 4 is 11.8 Å². The lowest BCUT2D eigenvalue weighted by Gasteiger charge is -2.31. The maximum absolute atomic E-state index is 13.5. The molecule has 1 N–H and O–H groups in total. The standard InChI is InChI=1S/C24H25FN4O3/c1-16-6-2-3-10-20(16)23(31)26-12-11-21(30)29-13-5-8-18(15-29)24-27-22(28-32-24)17-7-4-9-19(25)14-17/h2-4,6-7,9-10,14,18H,5,8,11-13,15H2,1H3,(H,26,31).